The number of halogens is 1. The second-order valence-electron chi connectivity index (χ2n) is 4.97. The van der Waals surface area contributed by atoms with Crippen molar-refractivity contribution in [2.24, 2.45) is 5.73 Å². The number of rotatable bonds is 4. The quantitative estimate of drug-likeness (QED) is 0.773. The van der Waals surface area contributed by atoms with Crippen LogP contribution in [0.15, 0.2) is 54.7 Å². The first-order valence-corrected chi connectivity index (χ1v) is 6.79. The van der Waals surface area contributed by atoms with Gasteiger partial charge in [0.05, 0.1) is 0 Å². The van der Waals surface area contributed by atoms with Crippen LogP contribution in [-0.2, 0) is 13.0 Å². The molecule has 102 valence electrons. The summed E-state index contributed by atoms with van der Waals surface area (Å²) in [5, 5.41) is 1.23. The number of nitrogens with two attached hydrogens (primary N) is 1. The molecule has 0 fully saturated rings. The minimum Gasteiger partial charge on any atom is -0.343 e. The molecule has 3 rings (SSSR count). The molecule has 1 heterocycles. The zero-order chi connectivity index (χ0) is 13.9. The van der Waals surface area contributed by atoms with Crippen molar-refractivity contribution in [1.29, 1.82) is 0 Å². The van der Waals surface area contributed by atoms with Gasteiger partial charge in [0.25, 0.3) is 0 Å². The molecule has 20 heavy (non-hydrogen) atoms. The molecule has 3 aromatic rings. The second-order valence-corrected chi connectivity index (χ2v) is 4.97. The third-order valence-electron chi connectivity index (χ3n) is 3.53. The minimum absolute atomic E-state index is 0.193. The Labute approximate surface area is 117 Å². The lowest BCUT2D eigenvalue weighted by Crippen LogP contribution is -2.02. The zero-order valence-corrected chi connectivity index (χ0v) is 11.2. The van der Waals surface area contributed by atoms with Crippen LogP contribution in [0.1, 0.15) is 11.1 Å². The number of hydrogen-bond donors (Lipinski definition) is 1. The van der Waals surface area contributed by atoms with E-state index in [9.17, 15) is 4.39 Å². The Hall–Kier alpha value is -2.13. The van der Waals surface area contributed by atoms with Gasteiger partial charge in [0.2, 0.25) is 0 Å². The van der Waals surface area contributed by atoms with E-state index in [0.717, 1.165) is 12.0 Å². The molecule has 0 saturated heterocycles. The monoisotopic (exact) mass is 268 g/mol. The molecule has 2 nitrogen and oxygen atoms in total. The number of nitrogens with zero attached hydrogens (tertiary/aromatic N) is 1. The van der Waals surface area contributed by atoms with Crippen LogP contribution in [0.2, 0.25) is 0 Å². The maximum atomic E-state index is 13.3. The van der Waals surface area contributed by atoms with Crippen LogP contribution in [0.3, 0.4) is 0 Å². The fourth-order valence-electron chi connectivity index (χ4n) is 2.64. The van der Waals surface area contributed by atoms with Crippen LogP contribution >= 0.6 is 0 Å². The van der Waals surface area contributed by atoms with E-state index < -0.39 is 0 Å². The molecule has 3 heteroatoms. The van der Waals surface area contributed by atoms with Gasteiger partial charge in [-0.3, -0.25) is 0 Å². The van der Waals surface area contributed by atoms with Gasteiger partial charge in [0.1, 0.15) is 5.82 Å². The van der Waals surface area contributed by atoms with Crippen molar-refractivity contribution in [3.05, 3.63) is 71.7 Å². The van der Waals surface area contributed by atoms with Crippen molar-refractivity contribution in [1.82, 2.24) is 4.57 Å². The van der Waals surface area contributed by atoms with E-state index in [-0.39, 0.29) is 5.82 Å². The number of aromatic nitrogens is 1. The average Bonchev–Trinajstić information content (AvgIpc) is 2.78. The molecule has 0 amide bonds. The molecule has 2 N–H and O–H groups in total. The Morgan fingerprint density at radius 3 is 2.70 bits per heavy atom. The van der Waals surface area contributed by atoms with Crippen molar-refractivity contribution >= 4 is 10.9 Å². The summed E-state index contributed by atoms with van der Waals surface area (Å²) in [6.45, 7) is 1.30. The molecule has 0 bridgehead atoms. The predicted molar refractivity (Wildman–Crippen MR) is 80.2 cm³/mol. The molecule has 0 atom stereocenters. The first-order valence-electron chi connectivity index (χ1n) is 6.79. The van der Waals surface area contributed by atoms with Gasteiger partial charge < -0.3 is 10.3 Å². The Bertz CT molecular complexity index is 731. The number of hydrogen-bond acceptors (Lipinski definition) is 1. The van der Waals surface area contributed by atoms with Gasteiger partial charge in [0, 0.05) is 23.6 Å². The summed E-state index contributed by atoms with van der Waals surface area (Å²) in [6, 6.07) is 15.0. The smallest absolute Gasteiger partial charge is 0.123 e. The van der Waals surface area contributed by atoms with E-state index in [2.05, 4.69) is 22.9 Å². The van der Waals surface area contributed by atoms with Crippen LogP contribution in [0.25, 0.3) is 10.9 Å². The van der Waals surface area contributed by atoms with Crippen LogP contribution < -0.4 is 5.73 Å². The molecule has 0 unspecified atom stereocenters. The number of para-hydroxylation sites is 1. The first kappa shape index (κ1) is 12.9. The van der Waals surface area contributed by atoms with Crippen LogP contribution in [-0.4, -0.2) is 11.1 Å². The Balaban J connectivity index is 2.03. The van der Waals surface area contributed by atoms with Crippen molar-refractivity contribution in [2.75, 3.05) is 6.54 Å². The number of benzene rings is 2. The fraction of sp³-hybridized carbons (Fsp3) is 0.176. The standard InChI is InChI=1S/C17H17FN2/c18-15-5-3-4-13(10-15)11-20-12-14(8-9-19)16-6-1-2-7-17(16)20/h1-7,10,12H,8-9,11,19H2. The summed E-state index contributed by atoms with van der Waals surface area (Å²) in [5.41, 5.74) is 9.05. The average molecular weight is 268 g/mol. The van der Waals surface area contributed by atoms with Gasteiger partial charge in [-0.15, -0.1) is 0 Å². The Morgan fingerprint density at radius 2 is 1.90 bits per heavy atom. The molecule has 2 aromatic carbocycles. The molecule has 0 saturated carbocycles. The summed E-state index contributed by atoms with van der Waals surface area (Å²) in [6.07, 6.45) is 2.99. The predicted octanol–water partition coefficient (Wildman–Crippen LogP) is 3.33. The summed E-state index contributed by atoms with van der Waals surface area (Å²) < 4.78 is 15.4. The molecule has 0 aliphatic heterocycles. The highest BCUT2D eigenvalue weighted by atomic mass is 19.1. The third kappa shape index (κ3) is 2.45. The van der Waals surface area contributed by atoms with Crippen LogP contribution in [0, 0.1) is 5.82 Å². The van der Waals surface area contributed by atoms with Crippen molar-refractivity contribution in [3.63, 3.8) is 0 Å². The largest absolute Gasteiger partial charge is 0.343 e. The zero-order valence-electron chi connectivity index (χ0n) is 11.2. The lowest BCUT2D eigenvalue weighted by Gasteiger charge is -2.05. The summed E-state index contributed by atoms with van der Waals surface area (Å²) in [5.74, 6) is -0.193. The van der Waals surface area contributed by atoms with E-state index >= 15 is 0 Å². The minimum atomic E-state index is -0.193. The van der Waals surface area contributed by atoms with Crippen LogP contribution in [0.5, 0.6) is 0 Å². The molecular weight excluding hydrogens is 251 g/mol. The van der Waals surface area contributed by atoms with E-state index in [4.69, 9.17) is 5.73 Å². The molecule has 0 radical (unpaired) electrons. The van der Waals surface area contributed by atoms with Gasteiger partial charge >= 0.3 is 0 Å². The molecule has 0 aliphatic carbocycles. The Morgan fingerprint density at radius 1 is 1.05 bits per heavy atom. The van der Waals surface area contributed by atoms with Gasteiger partial charge in [0.15, 0.2) is 0 Å². The van der Waals surface area contributed by atoms with E-state index in [0.29, 0.717) is 13.1 Å². The summed E-state index contributed by atoms with van der Waals surface area (Å²) >= 11 is 0. The fourth-order valence-corrected chi connectivity index (χ4v) is 2.64. The molecule has 0 spiro atoms. The van der Waals surface area contributed by atoms with Crippen LogP contribution in [0.4, 0.5) is 4.39 Å². The van der Waals surface area contributed by atoms with E-state index in [1.807, 2.05) is 18.2 Å². The lowest BCUT2D eigenvalue weighted by molar-refractivity contribution is 0.624. The van der Waals surface area contributed by atoms with Crippen molar-refractivity contribution in [2.45, 2.75) is 13.0 Å². The van der Waals surface area contributed by atoms with E-state index in [1.54, 1.807) is 12.1 Å². The van der Waals surface area contributed by atoms with Gasteiger partial charge in [-0.2, -0.15) is 0 Å². The molecule has 1 aromatic heterocycles. The highest BCUT2D eigenvalue weighted by molar-refractivity contribution is 5.84. The summed E-state index contributed by atoms with van der Waals surface area (Å²) in [7, 11) is 0. The van der Waals surface area contributed by atoms with Gasteiger partial charge in [-0.25, -0.2) is 4.39 Å². The summed E-state index contributed by atoms with van der Waals surface area (Å²) in [4.78, 5) is 0. The normalized spacial score (nSPS) is 11.1. The van der Waals surface area contributed by atoms with Gasteiger partial charge in [-0.1, -0.05) is 30.3 Å². The van der Waals surface area contributed by atoms with Crippen molar-refractivity contribution < 1.29 is 4.39 Å². The SMILES string of the molecule is NCCc1cn(Cc2cccc(F)c2)c2ccccc12. The molecular formula is C17H17FN2. The maximum Gasteiger partial charge on any atom is 0.123 e. The highest BCUT2D eigenvalue weighted by Crippen LogP contribution is 2.22. The molecule has 0 aliphatic rings. The van der Waals surface area contributed by atoms with E-state index in [1.165, 1.54) is 22.5 Å². The first-order chi connectivity index (χ1) is 9.78. The maximum absolute atomic E-state index is 13.3. The van der Waals surface area contributed by atoms with Gasteiger partial charge in [-0.05, 0) is 42.3 Å². The second kappa shape index (κ2) is 5.47. The third-order valence-corrected chi connectivity index (χ3v) is 3.53. The topological polar surface area (TPSA) is 30.9 Å². The van der Waals surface area contributed by atoms with Crippen molar-refractivity contribution in [3.8, 4) is 0 Å². The highest BCUT2D eigenvalue weighted by Gasteiger charge is 2.08. The Kier molecular flexibility index (Phi) is 3.52. The number of fused-ring (bicyclic) bond motifs is 1. The lowest BCUT2D eigenvalue weighted by atomic mass is 10.1.